The van der Waals surface area contributed by atoms with Gasteiger partial charge in [-0.25, -0.2) is 13.1 Å². The number of carbonyl (C=O) groups excluding carboxylic acids is 1. The molecule has 1 aliphatic carbocycles. The summed E-state index contributed by atoms with van der Waals surface area (Å²) in [5, 5.41) is 7.01. The number of aryl methyl sites for hydroxylation is 2. The Morgan fingerprint density at radius 3 is 2.91 bits per heavy atom. The molecule has 0 radical (unpaired) electrons. The third kappa shape index (κ3) is 2.92. The first kappa shape index (κ1) is 15.2. The molecule has 0 bridgehead atoms. The first-order valence-corrected chi connectivity index (χ1v) is 9.30. The number of hydrogen-bond donors (Lipinski definition) is 1. The number of nitrogens with zero attached hydrogens (tertiary/aromatic N) is 2. The molecule has 22 heavy (non-hydrogen) atoms. The van der Waals surface area contributed by atoms with Crippen LogP contribution in [0.15, 0.2) is 10.9 Å². The molecule has 1 saturated heterocycles. The van der Waals surface area contributed by atoms with E-state index < -0.39 is 15.9 Å². The summed E-state index contributed by atoms with van der Waals surface area (Å²) in [6.45, 7) is 1.61. The van der Waals surface area contributed by atoms with Crippen molar-refractivity contribution in [3.05, 3.63) is 27.7 Å². The highest BCUT2D eigenvalue weighted by atomic mass is 32.2. The highest BCUT2D eigenvalue weighted by Crippen LogP contribution is 2.18. The maximum Gasteiger partial charge on any atom is 0.267 e. The lowest BCUT2D eigenvalue weighted by molar-refractivity contribution is -0.124. The maximum atomic E-state index is 12.3. The topological polar surface area (TPSA) is 98.1 Å². The fourth-order valence-corrected chi connectivity index (χ4v) is 4.71. The van der Waals surface area contributed by atoms with Crippen molar-refractivity contribution in [2.45, 2.75) is 44.7 Å². The van der Waals surface area contributed by atoms with Crippen LogP contribution in [0, 0.1) is 0 Å². The van der Waals surface area contributed by atoms with Gasteiger partial charge in [-0.1, -0.05) is 0 Å². The monoisotopic (exact) mass is 325 g/mol. The standard InChI is InChI=1S/C14H19N3O4S/c1-9(14(19)15-11-5-6-22(20,21)8-11)17-13(18)7-10-3-2-4-12(10)16-17/h7,9,11H,2-6,8H2,1H3,(H,15,19)/t9-,11-/m0/s1. The van der Waals surface area contributed by atoms with E-state index in [4.69, 9.17) is 0 Å². The highest BCUT2D eigenvalue weighted by molar-refractivity contribution is 7.91. The molecular weight excluding hydrogens is 306 g/mol. The molecule has 1 amide bonds. The molecule has 120 valence electrons. The Labute approximate surface area is 128 Å². The van der Waals surface area contributed by atoms with Crippen LogP contribution in [0.1, 0.15) is 37.1 Å². The third-order valence-electron chi connectivity index (χ3n) is 4.31. The molecule has 0 aromatic carbocycles. The SMILES string of the molecule is C[C@@H](C(=O)N[C@H]1CCS(=O)(=O)C1)n1nc2c(cc1=O)CCC2. The van der Waals surface area contributed by atoms with E-state index in [1.54, 1.807) is 13.0 Å². The normalized spacial score (nSPS) is 24.0. The molecule has 0 spiro atoms. The van der Waals surface area contributed by atoms with E-state index in [0.29, 0.717) is 6.42 Å². The van der Waals surface area contributed by atoms with Crippen LogP contribution in [-0.2, 0) is 27.5 Å². The average Bonchev–Trinajstić information content (AvgIpc) is 3.02. The summed E-state index contributed by atoms with van der Waals surface area (Å²) in [6, 6.07) is 0.436. The van der Waals surface area contributed by atoms with Crippen molar-refractivity contribution in [3.63, 3.8) is 0 Å². The van der Waals surface area contributed by atoms with Crippen molar-refractivity contribution in [1.82, 2.24) is 15.1 Å². The number of aromatic nitrogens is 2. The minimum absolute atomic E-state index is 0.0298. The minimum Gasteiger partial charge on any atom is -0.350 e. The van der Waals surface area contributed by atoms with Crippen molar-refractivity contribution in [1.29, 1.82) is 0 Å². The average molecular weight is 325 g/mol. The van der Waals surface area contributed by atoms with Crippen LogP contribution in [0.25, 0.3) is 0 Å². The lowest BCUT2D eigenvalue weighted by Gasteiger charge is -2.17. The predicted molar refractivity (Wildman–Crippen MR) is 80.4 cm³/mol. The summed E-state index contributed by atoms with van der Waals surface area (Å²) in [6.07, 6.45) is 3.09. The fraction of sp³-hybridized carbons (Fsp3) is 0.643. The van der Waals surface area contributed by atoms with Crippen LogP contribution >= 0.6 is 0 Å². The summed E-state index contributed by atoms with van der Waals surface area (Å²) < 4.78 is 24.0. The Morgan fingerprint density at radius 2 is 2.23 bits per heavy atom. The molecule has 0 saturated carbocycles. The molecule has 8 heteroatoms. The van der Waals surface area contributed by atoms with Gasteiger partial charge in [0.2, 0.25) is 5.91 Å². The minimum atomic E-state index is -3.05. The number of rotatable bonds is 3. The Bertz CT molecular complexity index is 769. The maximum absolute atomic E-state index is 12.3. The molecule has 1 aliphatic heterocycles. The van der Waals surface area contributed by atoms with Crippen LogP contribution in [0.2, 0.25) is 0 Å². The number of sulfone groups is 1. The second-order valence-corrected chi connectivity index (χ2v) is 8.27. The summed E-state index contributed by atoms with van der Waals surface area (Å²) in [4.78, 5) is 24.3. The van der Waals surface area contributed by atoms with Gasteiger partial charge in [-0.05, 0) is 38.2 Å². The molecule has 1 fully saturated rings. The largest absolute Gasteiger partial charge is 0.350 e. The highest BCUT2D eigenvalue weighted by Gasteiger charge is 2.31. The second-order valence-electron chi connectivity index (χ2n) is 6.04. The first-order valence-electron chi connectivity index (χ1n) is 7.48. The van der Waals surface area contributed by atoms with Gasteiger partial charge in [0, 0.05) is 12.1 Å². The molecule has 2 aliphatic rings. The molecule has 3 rings (SSSR count). The quantitative estimate of drug-likeness (QED) is 0.815. The zero-order valence-electron chi connectivity index (χ0n) is 12.4. The molecule has 1 aromatic heterocycles. The van der Waals surface area contributed by atoms with Gasteiger partial charge in [0.05, 0.1) is 17.2 Å². The molecule has 2 heterocycles. The summed E-state index contributed by atoms with van der Waals surface area (Å²) >= 11 is 0. The fourth-order valence-electron chi connectivity index (χ4n) is 3.03. The Balaban J connectivity index is 1.75. The van der Waals surface area contributed by atoms with E-state index in [1.807, 2.05) is 0 Å². The van der Waals surface area contributed by atoms with Gasteiger partial charge in [-0.15, -0.1) is 0 Å². The van der Waals surface area contributed by atoms with Crippen LogP contribution in [-0.4, -0.2) is 41.7 Å². The van der Waals surface area contributed by atoms with Crippen molar-refractivity contribution in [2.75, 3.05) is 11.5 Å². The van der Waals surface area contributed by atoms with Crippen molar-refractivity contribution in [2.24, 2.45) is 0 Å². The molecule has 7 nitrogen and oxygen atoms in total. The van der Waals surface area contributed by atoms with Crippen LogP contribution < -0.4 is 10.9 Å². The van der Waals surface area contributed by atoms with Gasteiger partial charge in [-0.3, -0.25) is 9.59 Å². The van der Waals surface area contributed by atoms with E-state index in [1.165, 1.54) is 4.68 Å². The Morgan fingerprint density at radius 1 is 1.45 bits per heavy atom. The summed E-state index contributed by atoms with van der Waals surface area (Å²) in [5.41, 5.74) is 1.56. The van der Waals surface area contributed by atoms with Gasteiger partial charge < -0.3 is 5.32 Å². The van der Waals surface area contributed by atoms with Crippen molar-refractivity contribution >= 4 is 15.7 Å². The molecular formula is C14H19N3O4S. The zero-order valence-corrected chi connectivity index (χ0v) is 13.2. The van der Waals surface area contributed by atoms with E-state index >= 15 is 0 Å². The van der Waals surface area contributed by atoms with Crippen molar-refractivity contribution < 1.29 is 13.2 Å². The second kappa shape index (κ2) is 5.49. The zero-order chi connectivity index (χ0) is 15.9. The number of nitrogens with one attached hydrogen (secondary N) is 1. The summed E-state index contributed by atoms with van der Waals surface area (Å²) in [5.74, 6) is -0.295. The number of fused-ring (bicyclic) bond motifs is 1. The Kier molecular flexibility index (Phi) is 3.80. The van der Waals surface area contributed by atoms with Gasteiger partial charge in [0.15, 0.2) is 9.84 Å². The first-order chi connectivity index (χ1) is 10.4. The smallest absolute Gasteiger partial charge is 0.267 e. The van der Waals surface area contributed by atoms with Crippen molar-refractivity contribution in [3.8, 4) is 0 Å². The number of carbonyl (C=O) groups is 1. The van der Waals surface area contributed by atoms with E-state index in [0.717, 1.165) is 30.5 Å². The molecule has 2 atom stereocenters. The molecule has 1 aromatic rings. The van der Waals surface area contributed by atoms with Crippen LogP contribution in [0.5, 0.6) is 0 Å². The predicted octanol–water partition coefficient (Wildman–Crippen LogP) is -0.404. The van der Waals surface area contributed by atoms with E-state index in [9.17, 15) is 18.0 Å². The number of amides is 1. The lowest BCUT2D eigenvalue weighted by atomic mass is 10.2. The van der Waals surface area contributed by atoms with E-state index in [-0.39, 0.29) is 29.0 Å². The van der Waals surface area contributed by atoms with Gasteiger partial charge in [-0.2, -0.15) is 5.10 Å². The van der Waals surface area contributed by atoms with Gasteiger partial charge >= 0.3 is 0 Å². The lowest BCUT2D eigenvalue weighted by Crippen LogP contribution is -2.42. The van der Waals surface area contributed by atoms with Gasteiger partial charge in [0.1, 0.15) is 6.04 Å². The molecule has 1 N–H and O–H groups in total. The Hall–Kier alpha value is -1.70. The van der Waals surface area contributed by atoms with Crippen LogP contribution in [0.4, 0.5) is 0 Å². The van der Waals surface area contributed by atoms with Crippen LogP contribution in [0.3, 0.4) is 0 Å². The third-order valence-corrected chi connectivity index (χ3v) is 6.08. The molecule has 0 unspecified atom stereocenters. The number of hydrogen-bond acceptors (Lipinski definition) is 5. The van der Waals surface area contributed by atoms with E-state index in [2.05, 4.69) is 10.4 Å². The summed E-state index contributed by atoms with van der Waals surface area (Å²) in [7, 11) is -3.05. The van der Waals surface area contributed by atoms with Gasteiger partial charge in [0.25, 0.3) is 5.56 Å².